The Balaban J connectivity index is 1.98. The topological polar surface area (TPSA) is 40.5 Å². The second-order valence-corrected chi connectivity index (χ2v) is 6.61. The van der Waals surface area contributed by atoms with Crippen LogP contribution >= 0.6 is 34.7 Å². The molecule has 1 saturated heterocycles. The molecule has 0 bridgehead atoms. The van der Waals surface area contributed by atoms with Crippen LogP contribution < -0.4 is 0 Å². The third-order valence-electron chi connectivity index (χ3n) is 2.74. The number of thioether (sulfide) groups is 1. The fourth-order valence-electron chi connectivity index (χ4n) is 1.92. The lowest BCUT2D eigenvalue weighted by molar-refractivity contribution is -0.138. The van der Waals surface area contributed by atoms with Crippen LogP contribution in [0.2, 0.25) is 5.02 Å². The van der Waals surface area contributed by atoms with Crippen molar-refractivity contribution in [1.29, 1.82) is 0 Å². The second kappa shape index (κ2) is 6.09. The Morgan fingerprint density at radius 2 is 2.47 bits per heavy atom. The van der Waals surface area contributed by atoms with E-state index in [0.29, 0.717) is 0 Å². The van der Waals surface area contributed by atoms with Crippen molar-refractivity contribution in [1.82, 2.24) is 4.90 Å². The van der Waals surface area contributed by atoms with Crippen molar-refractivity contribution in [3.8, 4) is 0 Å². The maximum atomic E-state index is 10.8. The second-order valence-electron chi connectivity index (χ2n) is 4.03. The molecule has 2 rings (SSSR count). The van der Waals surface area contributed by atoms with Gasteiger partial charge in [0.15, 0.2) is 0 Å². The highest BCUT2D eigenvalue weighted by Crippen LogP contribution is 2.25. The van der Waals surface area contributed by atoms with Crippen molar-refractivity contribution in [3.63, 3.8) is 0 Å². The summed E-state index contributed by atoms with van der Waals surface area (Å²) in [4.78, 5) is 14.3. The van der Waals surface area contributed by atoms with Crippen molar-refractivity contribution >= 4 is 40.7 Å². The standard InChI is InChI=1S/C11H14ClNO2S2/c12-8-3-10(17-6-8)5-13-1-2-16-7-9(13)4-11(14)15/h3,6,9H,1-2,4-5,7H2,(H,14,15). The average Bonchev–Trinajstić information content (AvgIpc) is 2.66. The van der Waals surface area contributed by atoms with Gasteiger partial charge in [-0.15, -0.1) is 11.3 Å². The molecule has 0 radical (unpaired) electrons. The summed E-state index contributed by atoms with van der Waals surface area (Å²) in [5, 5.41) is 11.6. The van der Waals surface area contributed by atoms with Crippen molar-refractivity contribution in [3.05, 3.63) is 21.3 Å². The number of hydrogen-bond donors (Lipinski definition) is 1. The van der Waals surface area contributed by atoms with Crippen LogP contribution in [0.5, 0.6) is 0 Å². The van der Waals surface area contributed by atoms with E-state index in [4.69, 9.17) is 16.7 Å². The molecule has 1 aromatic heterocycles. The molecule has 1 aliphatic rings. The fraction of sp³-hybridized carbons (Fsp3) is 0.545. The van der Waals surface area contributed by atoms with Crippen LogP contribution in [0, 0.1) is 0 Å². The van der Waals surface area contributed by atoms with E-state index >= 15 is 0 Å². The predicted molar refractivity (Wildman–Crippen MR) is 73.1 cm³/mol. The van der Waals surface area contributed by atoms with Gasteiger partial charge in [-0.1, -0.05) is 11.6 Å². The van der Waals surface area contributed by atoms with E-state index in [2.05, 4.69) is 4.90 Å². The van der Waals surface area contributed by atoms with E-state index in [1.807, 2.05) is 23.2 Å². The van der Waals surface area contributed by atoms with Crippen LogP contribution in [0.25, 0.3) is 0 Å². The van der Waals surface area contributed by atoms with Crippen LogP contribution in [-0.2, 0) is 11.3 Å². The van der Waals surface area contributed by atoms with Gasteiger partial charge in [0.25, 0.3) is 0 Å². The fourth-order valence-corrected chi connectivity index (χ4v) is 4.15. The molecule has 0 aromatic carbocycles. The first-order valence-corrected chi connectivity index (χ1v) is 7.83. The van der Waals surface area contributed by atoms with E-state index in [-0.39, 0.29) is 12.5 Å². The summed E-state index contributed by atoms with van der Waals surface area (Å²) in [5.74, 6) is 1.27. The van der Waals surface area contributed by atoms with E-state index < -0.39 is 5.97 Å². The normalized spacial score (nSPS) is 21.6. The smallest absolute Gasteiger partial charge is 0.304 e. The van der Waals surface area contributed by atoms with Gasteiger partial charge in [0, 0.05) is 40.9 Å². The van der Waals surface area contributed by atoms with Crippen molar-refractivity contribution < 1.29 is 9.90 Å². The molecule has 3 nitrogen and oxygen atoms in total. The van der Waals surface area contributed by atoms with Gasteiger partial charge < -0.3 is 5.11 Å². The average molecular weight is 292 g/mol. The van der Waals surface area contributed by atoms with Gasteiger partial charge in [-0.25, -0.2) is 0 Å². The summed E-state index contributed by atoms with van der Waals surface area (Å²) in [5.41, 5.74) is 0. The lowest BCUT2D eigenvalue weighted by Gasteiger charge is -2.34. The molecule has 0 spiro atoms. The highest BCUT2D eigenvalue weighted by Gasteiger charge is 2.25. The Kier molecular flexibility index (Phi) is 4.73. The molecular weight excluding hydrogens is 278 g/mol. The zero-order chi connectivity index (χ0) is 12.3. The van der Waals surface area contributed by atoms with Crippen LogP contribution in [0.15, 0.2) is 11.4 Å². The lowest BCUT2D eigenvalue weighted by atomic mass is 10.2. The summed E-state index contributed by atoms with van der Waals surface area (Å²) in [6.45, 7) is 1.77. The lowest BCUT2D eigenvalue weighted by Crippen LogP contribution is -2.42. The van der Waals surface area contributed by atoms with Gasteiger partial charge >= 0.3 is 5.97 Å². The number of carboxylic acid groups (broad SMARTS) is 1. The van der Waals surface area contributed by atoms with Crippen LogP contribution in [0.3, 0.4) is 0 Å². The van der Waals surface area contributed by atoms with Crippen LogP contribution in [-0.4, -0.2) is 40.1 Å². The number of thiophene rings is 1. The molecule has 1 aromatic rings. The van der Waals surface area contributed by atoms with Crippen LogP contribution in [0.4, 0.5) is 0 Å². The molecule has 1 unspecified atom stereocenters. The molecule has 17 heavy (non-hydrogen) atoms. The minimum absolute atomic E-state index is 0.145. The predicted octanol–water partition coefficient (Wildman–Crippen LogP) is 2.79. The third kappa shape index (κ3) is 3.88. The van der Waals surface area contributed by atoms with E-state index in [9.17, 15) is 4.79 Å². The number of hydrogen-bond acceptors (Lipinski definition) is 4. The molecule has 1 aliphatic heterocycles. The number of aliphatic carboxylic acids is 1. The van der Waals surface area contributed by atoms with Gasteiger partial charge in [0.2, 0.25) is 0 Å². The Morgan fingerprint density at radius 1 is 1.65 bits per heavy atom. The minimum atomic E-state index is -0.716. The zero-order valence-corrected chi connectivity index (χ0v) is 11.7. The van der Waals surface area contributed by atoms with E-state index in [0.717, 1.165) is 29.6 Å². The highest BCUT2D eigenvalue weighted by molar-refractivity contribution is 7.99. The molecule has 2 heterocycles. The van der Waals surface area contributed by atoms with E-state index in [1.165, 1.54) is 4.88 Å². The molecule has 94 valence electrons. The minimum Gasteiger partial charge on any atom is -0.481 e. The van der Waals surface area contributed by atoms with Gasteiger partial charge in [-0.3, -0.25) is 9.69 Å². The molecule has 1 fully saturated rings. The summed E-state index contributed by atoms with van der Waals surface area (Å²) < 4.78 is 0. The SMILES string of the molecule is O=C(O)CC1CSCCN1Cc1cc(Cl)cs1. The van der Waals surface area contributed by atoms with Gasteiger partial charge in [0.05, 0.1) is 11.4 Å². The van der Waals surface area contributed by atoms with Crippen molar-refractivity contribution in [2.24, 2.45) is 0 Å². The Hall–Kier alpha value is -0.230. The molecule has 0 aliphatic carbocycles. The van der Waals surface area contributed by atoms with Gasteiger partial charge in [-0.2, -0.15) is 11.8 Å². The molecule has 1 atom stereocenters. The van der Waals surface area contributed by atoms with Gasteiger partial charge in [0.1, 0.15) is 0 Å². The van der Waals surface area contributed by atoms with Crippen LogP contribution in [0.1, 0.15) is 11.3 Å². The summed E-state index contributed by atoms with van der Waals surface area (Å²) in [6, 6.07) is 2.11. The number of carboxylic acids is 1. The monoisotopic (exact) mass is 291 g/mol. The zero-order valence-electron chi connectivity index (χ0n) is 9.26. The van der Waals surface area contributed by atoms with Gasteiger partial charge in [-0.05, 0) is 6.07 Å². The first-order valence-electron chi connectivity index (χ1n) is 5.41. The Morgan fingerprint density at radius 3 is 3.12 bits per heavy atom. The van der Waals surface area contributed by atoms with Crippen molar-refractivity contribution in [2.45, 2.75) is 19.0 Å². The van der Waals surface area contributed by atoms with Crippen molar-refractivity contribution in [2.75, 3.05) is 18.1 Å². The maximum absolute atomic E-state index is 10.8. The highest BCUT2D eigenvalue weighted by atomic mass is 35.5. The molecule has 1 N–H and O–H groups in total. The molecule has 6 heteroatoms. The Bertz CT molecular complexity index is 397. The van der Waals surface area contributed by atoms with E-state index in [1.54, 1.807) is 11.3 Å². The first-order chi connectivity index (χ1) is 8.15. The number of rotatable bonds is 4. The summed E-state index contributed by atoms with van der Waals surface area (Å²) >= 11 is 9.37. The molecular formula is C11H14ClNO2S2. The number of carbonyl (C=O) groups is 1. The first kappa shape index (κ1) is 13.2. The maximum Gasteiger partial charge on any atom is 0.304 e. The summed E-state index contributed by atoms with van der Waals surface area (Å²) in [6.07, 6.45) is 0.228. The number of nitrogens with zero attached hydrogens (tertiary/aromatic N) is 1. The third-order valence-corrected chi connectivity index (χ3v) is 5.10. The summed E-state index contributed by atoms with van der Waals surface area (Å²) in [7, 11) is 0. The largest absolute Gasteiger partial charge is 0.481 e. The number of halogens is 1. The molecule has 0 saturated carbocycles. The molecule has 0 amide bonds. The quantitative estimate of drug-likeness (QED) is 0.926. The Labute approximate surface area is 114 Å².